The SMILES string of the molecule is Cc1ccc(C(=O)Nc2cc(F)ccc2C)c(C)c1.Cl. The van der Waals surface area contributed by atoms with Crippen molar-refractivity contribution in [2.45, 2.75) is 20.8 Å². The monoisotopic (exact) mass is 293 g/mol. The van der Waals surface area contributed by atoms with E-state index in [0.29, 0.717) is 11.3 Å². The molecule has 1 amide bonds. The van der Waals surface area contributed by atoms with E-state index in [1.807, 2.05) is 32.9 Å². The molecule has 0 spiro atoms. The van der Waals surface area contributed by atoms with Crippen LogP contribution >= 0.6 is 12.4 Å². The molecule has 0 radical (unpaired) electrons. The van der Waals surface area contributed by atoms with Gasteiger partial charge in [0.15, 0.2) is 0 Å². The van der Waals surface area contributed by atoms with Gasteiger partial charge in [-0.3, -0.25) is 4.79 Å². The molecule has 0 saturated carbocycles. The number of hydrogen-bond donors (Lipinski definition) is 1. The summed E-state index contributed by atoms with van der Waals surface area (Å²) in [7, 11) is 0. The summed E-state index contributed by atoms with van der Waals surface area (Å²) in [6.07, 6.45) is 0. The molecule has 0 aliphatic rings. The topological polar surface area (TPSA) is 29.1 Å². The lowest BCUT2D eigenvalue weighted by Gasteiger charge is -2.10. The van der Waals surface area contributed by atoms with Crippen LogP contribution in [0.2, 0.25) is 0 Å². The fourth-order valence-corrected chi connectivity index (χ4v) is 1.99. The van der Waals surface area contributed by atoms with E-state index in [0.717, 1.165) is 16.7 Å². The number of nitrogens with one attached hydrogen (secondary N) is 1. The van der Waals surface area contributed by atoms with Gasteiger partial charge >= 0.3 is 0 Å². The highest BCUT2D eigenvalue weighted by Crippen LogP contribution is 2.18. The molecule has 106 valence electrons. The molecule has 0 unspecified atom stereocenters. The lowest BCUT2D eigenvalue weighted by Crippen LogP contribution is -2.14. The van der Waals surface area contributed by atoms with Gasteiger partial charge < -0.3 is 5.32 Å². The largest absolute Gasteiger partial charge is 0.322 e. The fourth-order valence-electron chi connectivity index (χ4n) is 1.99. The normalized spacial score (nSPS) is 9.80. The zero-order chi connectivity index (χ0) is 14.0. The maximum absolute atomic E-state index is 13.2. The van der Waals surface area contributed by atoms with Crippen LogP contribution in [-0.4, -0.2) is 5.91 Å². The number of hydrogen-bond acceptors (Lipinski definition) is 1. The molecule has 1 N–H and O–H groups in total. The van der Waals surface area contributed by atoms with Crippen LogP contribution in [0, 0.1) is 26.6 Å². The maximum atomic E-state index is 13.2. The summed E-state index contributed by atoms with van der Waals surface area (Å²) >= 11 is 0. The molecule has 0 atom stereocenters. The highest BCUT2D eigenvalue weighted by molar-refractivity contribution is 6.05. The van der Waals surface area contributed by atoms with Crippen LogP contribution in [0.1, 0.15) is 27.0 Å². The summed E-state index contributed by atoms with van der Waals surface area (Å²) in [5, 5.41) is 2.75. The molecule has 0 aromatic heterocycles. The molecular weight excluding hydrogens is 277 g/mol. The lowest BCUT2D eigenvalue weighted by atomic mass is 10.0. The second-order valence-electron chi connectivity index (χ2n) is 4.73. The number of rotatable bonds is 2. The van der Waals surface area contributed by atoms with Crippen LogP contribution in [0.3, 0.4) is 0 Å². The van der Waals surface area contributed by atoms with Gasteiger partial charge in [-0.15, -0.1) is 12.4 Å². The van der Waals surface area contributed by atoms with Gasteiger partial charge in [-0.25, -0.2) is 4.39 Å². The van der Waals surface area contributed by atoms with Gasteiger partial charge in [0.05, 0.1) is 0 Å². The standard InChI is InChI=1S/C16H16FNO.ClH/c1-10-4-7-14(12(3)8-10)16(19)18-15-9-13(17)6-5-11(15)2;/h4-9H,1-3H3,(H,18,19);1H. The quantitative estimate of drug-likeness (QED) is 0.872. The number of amides is 1. The Morgan fingerprint density at radius 3 is 2.35 bits per heavy atom. The van der Waals surface area contributed by atoms with E-state index >= 15 is 0 Å². The molecule has 0 heterocycles. The Hall–Kier alpha value is -1.87. The molecule has 0 saturated heterocycles. The van der Waals surface area contributed by atoms with Crippen molar-refractivity contribution in [1.29, 1.82) is 0 Å². The van der Waals surface area contributed by atoms with Gasteiger partial charge in [-0.2, -0.15) is 0 Å². The van der Waals surface area contributed by atoms with Gasteiger partial charge in [0, 0.05) is 11.3 Å². The van der Waals surface area contributed by atoms with E-state index in [1.165, 1.54) is 12.1 Å². The van der Waals surface area contributed by atoms with E-state index in [1.54, 1.807) is 12.1 Å². The minimum Gasteiger partial charge on any atom is -0.322 e. The lowest BCUT2D eigenvalue weighted by molar-refractivity contribution is 0.102. The molecule has 4 heteroatoms. The Balaban J connectivity index is 0.00000200. The van der Waals surface area contributed by atoms with E-state index in [4.69, 9.17) is 0 Å². The number of halogens is 2. The minimum atomic E-state index is -0.360. The first-order valence-electron chi connectivity index (χ1n) is 6.12. The van der Waals surface area contributed by atoms with Crippen molar-refractivity contribution in [2.24, 2.45) is 0 Å². The van der Waals surface area contributed by atoms with Crippen molar-refractivity contribution < 1.29 is 9.18 Å². The molecule has 0 bridgehead atoms. The summed E-state index contributed by atoms with van der Waals surface area (Å²) in [6.45, 7) is 5.70. The number of aryl methyl sites for hydroxylation is 3. The van der Waals surface area contributed by atoms with Gasteiger partial charge in [-0.1, -0.05) is 23.8 Å². The first-order chi connectivity index (χ1) is 8.97. The molecule has 2 aromatic rings. The van der Waals surface area contributed by atoms with Crippen molar-refractivity contribution in [3.05, 3.63) is 64.5 Å². The molecule has 0 aliphatic heterocycles. The first kappa shape index (κ1) is 16.2. The number of anilines is 1. The second-order valence-corrected chi connectivity index (χ2v) is 4.73. The zero-order valence-electron chi connectivity index (χ0n) is 11.7. The highest BCUT2D eigenvalue weighted by atomic mass is 35.5. The van der Waals surface area contributed by atoms with Gasteiger partial charge in [0.2, 0.25) is 0 Å². The van der Waals surface area contributed by atoms with Crippen LogP contribution in [0.25, 0.3) is 0 Å². The summed E-state index contributed by atoms with van der Waals surface area (Å²) in [6, 6.07) is 9.98. The fraction of sp³-hybridized carbons (Fsp3) is 0.188. The Kier molecular flexibility index (Phi) is 5.28. The second kappa shape index (κ2) is 6.53. The van der Waals surface area contributed by atoms with Crippen molar-refractivity contribution in [2.75, 3.05) is 5.32 Å². The number of benzene rings is 2. The maximum Gasteiger partial charge on any atom is 0.255 e. The summed E-state index contributed by atoms with van der Waals surface area (Å²) in [5.41, 5.74) is 3.96. The van der Waals surface area contributed by atoms with E-state index in [9.17, 15) is 9.18 Å². The van der Waals surface area contributed by atoms with Crippen molar-refractivity contribution in [3.8, 4) is 0 Å². The molecule has 2 rings (SSSR count). The van der Waals surface area contributed by atoms with Crippen molar-refractivity contribution >= 4 is 24.0 Å². The summed E-state index contributed by atoms with van der Waals surface area (Å²) < 4.78 is 13.2. The predicted octanol–water partition coefficient (Wildman–Crippen LogP) is 4.43. The predicted molar refractivity (Wildman–Crippen MR) is 82.3 cm³/mol. The van der Waals surface area contributed by atoms with Gasteiger partial charge in [0.1, 0.15) is 5.82 Å². The molecule has 0 aliphatic carbocycles. The van der Waals surface area contributed by atoms with Crippen LogP contribution in [0.15, 0.2) is 36.4 Å². The van der Waals surface area contributed by atoms with Crippen molar-refractivity contribution in [3.63, 3.8) is 0 Å². The third-order valence-electron chi connectivity index (χ3n) is 3.07. The van der Waals surface area contributed by atoms with Crippen molar-refractivity contribution in [1.82, 2.24) is 0 Å². The van der Waals surface area contributed by atoms with E-state index < -0.39 is 0 Å². The highest BCUT2D eigenvalue weighted by Gasteiger charge is 2.10. The molecule has 20 heavy (non-hydrogen) atoms. The Morgan fingerprint density at radius 1 is 1.00 bits per heavy atom. The zero-order valence-corrected chi connectivity index (χ0v) is 12.5. The van der Waals surface area contributed by atoms with Crippen LogP contribution in [0.4, 0.5) is 10.1 Å². The Labute approximate surface area is 124 Å². The summed E-state index contributed by atoms with van der Waals surface area (Å²) in [4.78, 5) is 12.2. The van der Waals surface area contributed by atoms with Crippen LogP contribution in [-0.2, 0) is 0 Å². The smallest absolute Gasteiger partial charge is 0.255 e. The Morgan fingerprint density at radius 2 is 1.70 bits per heavy atom. The molecule has 2 aromatic carbocycles. The van der Waals surface area contributed by atoms with E-state index in [2.05, 4.69) is 5.32 Å². The van der Waals surface area contributed by atoms with Crippen LogP contribution < -0.4 is 5.32 Å². The average molecular weight is 294 g/mol. The van der Waals surface area contributed by atoms with E-state index in [-0.39, 0.29) is 24.1 Å². The number of carbonyl (C=O) groups excluding carboxylic acids is 1. The third kappa shape index (κ3) is 3.58. The Bertz CT molecular complexity index is 640. The first-order valence-corrected chi connectivity index (χ1v) is 6.12. The molecule has 2 nitrogen and oxygen atoms in total. The van der Waals surface area contributed by atoms with Gasteiger partial charge in [0.25, 0.3) is 5.91 Å². The molecular formula is C16H17ClFNO. The summed E-state index contributed by atoms with van der Waals surface area (Å²) in [5.74, 6) is -0.576. The third-order valence-corrected chi connectivity index (χ3v) is 3.07. The minimum absolute atomic E-state index is 0. The van der Waals surface area contributed by atoms with Gasteiger partial charge in [-0.05, 0) is 50.1 Å². The average Bonchev–Trinajstić information content (AvgIpc) is 2.33. The van der Waals surface area contributed by atoms with Crippen LogP contribution in [0.5, 0.6) is 0 Å². The molecule has 0 fully saturated rings. The number of carbonyl (C=O) groups is 1.